The van der Waals surface area contributed by atoms with Gasteiger partial charge in [-0.05, 0) is 66.2 Å². The van der Waals surface area contributed by atoms with Crippen LogP contribution >= 0.6 is 11.8 Å². The Balaban J connectivity index is 1.92. The van der Waals surface area contributed by atoms with Gasteiger partial charge in [-0.25, -0.2) is 4.99 Å². The Morgan fingerprint density at radius 3 is 2.34 bits per heavy atom. The molecule has 7 heteroatoms. The van der Waals surface area contributed by atoms with Crippen LogP contribution in [0.15, 0.2) is 52.4 Å². The fourth-order valence-corrected chi connectivity index (χ4v) is 3.90. The van der Waals surface area contributed by atoms with Crippen LogP contribution in [0.5, 0.6) is 17.2 Å². The largest absolute Gasteiger partial charge is 0.497 e. The number of benzene rings is 2. The van der Waals surface area contributed by atoms with Gasteiger partial charge in [-0.3, -0.25) is 9.69 Å². The number of thioether (sulfide) groups is 1. The summed E-state index contributed by atoms with van der Waals surface area (Å²) >= 11 is 1.37. The first-order valence-electron chi connectivity index (χ1n) is 9.25. The molecular weight excluding hydrogens is 388 g/mol. The van der Waals surface area contributed by atoms with Crippen molar-refractivity contribution in [1.82, 2.24) is 4.90 Å². The quantitative estimate of drug-likeness (QED) is 0.616. The Bertz CT molecular complexity index is 938. The van der Waals surface area contributed by atoms with Crippen LogP contribution in [0, 0.1) is 0 Å². The molecule has 0 saturated carbocycles. The highest BCUT2D eigenvalue weighted by Crippen LogP contribution is 2.36. The minimum Gasteiger partial charge on any atom is -0.497 e. The van der Waals surface area contributed by atoms with Crippen LogP contribution in [0.1, 0.15) is 18.9 Å². The highest BCUT2D eigenvalue weighted by atomic mass is 32.2. The number of ether oxygens (including phenoxy) is 3. The summed E-state index contributed by atoms with van der Waals surface area (Å²) in [5.74, 6) is 1.99. The molecule has 0 aliphatic carbocycles. The van der Waals surface area contributed by atoms with Crippen molar-refractivity contribution in [2.24, 2.45) is 4.99 Å². The molecule has 1 aliphatic rings. The number of carbonyl (C=O) groups is 1. The lowest BCUT2D eigenvalue weighted by molar-refractivity contribution is -0.122. The Kier molecular flexibility index (Phi) is 6.82. The number of amidine groups is 1. The number of rotatable bonds is 7. The van der Waals surface area contributed by atoms with E-state index in [1.165, 1.54) is 11.8 Å². The van der Waals surface area contributed by atoms with Crippen molar-refractivity contribution in [3.05, 3.63) is 52.9 Å². The van der Waals surface area contributed by atoms with Crippen molar-refractivity contribution < 1.29 is 19.0 Å². The first kappa shape index (κ1) is 20.8. The standard InChI is InChI=1S/C22H24N2O4S/c1-5-12-24-21(25)20(14-15-6-11-18(27-3)19(13-15)28-4)29-22(24)23-16-7-9-17(26-2)10-8-16/h6-11,13-14H,5,12H2,1-4H3/b20-14-,23-22?. The van der Waals surface area contributed by atoms with E-state index < -0.39 is 0 Å². The molecule has 1 amide bonds. The second-order valence-electron chi connectivity index (χ2n) is 6.27. The number of methoxy groups -OCH3 is 3. The number of nitrogens with zero attached hydrogens (tertiary/aromatic N) is 2. The van der Waals surface area contributed by atoms with E-state index in [0.29, 0.717) is 28.1 Å². The molecule has 0 bridgehead atoms. The SMILES string of the molecule is CCCN1C(=O)/C(=C/c2ccc(OC)c(OC)c2)SC1=Nc1ccc(OC)cc1. The molecule has 0 atom stereocenters. The molecule has 152 valence electrons. The maximum atomic E-state index is 13.0. The molecule has 1 fully saturated rings. The predicted molar refractivity (Wildman–Crippen MR) is 117 cm³/mol. The average Bonchev–Trinajstić information content (AvgIpc) is 3.03. The molecule has 2 aromatic rings. The van der Waals surface area contributed by atoms with Crippen molar-refractivity contribution >= 4 is 34.6 Å². The molecule has 1 saturated heterocycles. The summed E-state index contributed by atoms with van der Waals surface area (Å²) in [7, 11) is 4.81. The van der Waals surface area contributed by atoms with Gasteiger partial charge in [0, 0.05) is 6.54 Å². The van der Waals surface area contributed by atoms with E-state index in [1.54, 1.807) is 26.2 Å². The third-order valence-corrected chi connectivity index (χ3v) is 5.34. The van der Waals surface area contributed by atoms with E-state index >= 15 is 0 Å². The highest BCUT2D eigenvalue weighted by Gasteiger charge is 2.32. The number of aliphatic imine (C=N–C) groups is 1. The van der Waals surface area contributed by atoms with Crippen molar-refractivity contribution in [1.29, 1.82) is 0 Å². The first-order valence-corrected chi connectivity index (χ1v) is 10.1. The van der Waals surface area contributed by atoms with E-state index in [1.807, 2.05) is 55.5 Å². The molecule has 1 heterocycles. The van der Waals surface area contributed by atoms with Gasteiger partial charge in [0.15, 0.2) is 16.7 Å². The fourth-order valence-electron chi connectivity index (χ4n) is 2.87. The predicted octanol–water partition coefficient (Wildman–Crippen LogP) is 4.73. The van der Waals surface area contributed by atoms with Gasteiger partial charge in [0.1, 0.15) is 5.75 Å². The number of carbonyl (C=O) groups excluding carboxylic acids is 1. The molecule has 0 N–H and O–H groups in total. The van der Waals surface area contributed by atoms with Gasteiger partial charge in [0.2, 0.25) is 0 Å². The third kappa shape index (κ3) is 4.74. The van der Waals surface area contributed by atoms with Gasteiger partial charge >= 0.3 is 0 Å². The lowest BCUT2D eigenvalue weighted by Crippen LogP contribution is -2.29. The van der Waals surface area contributed by atoms with Crippen LogP contribution in [-0.4, -0.2) is 43.8 Å². The summed E-state index contributed by atoms with van der Waals surface area (Å²) < 4.78 is 15.8. The van der Waals surface area contributed by atoms with Crippen LogP contribution < -0.4 is 14.2 Å². The van der Waals surface area contributed by atoms with Gasteiger partial charge in [0.25, 0.3) is 5.91 Å². The molecule has 0 spiro atoms. The summed E-state index contributed by atoms with van der Waals surface area (Å²) in [5.41, 5.74) is 1.63. The molecule has 6 nitrogen and oxygen atoms in total. The van der Waals surface area contributed by atoms with E-state index in [9.17, 15) is 4.79 Å². The Morgan fingerprint density at radius 1 is 1.00 bits per heavy atom. The second kappa shape index (κ2) is 9.52. The fraction of sp³-hybridized carbons (Fsp3) is 0.273. The topological polar surface area (TPSA) is 60.4 Å². The maximum absolute atomic E-state index is 13.0. The first-order chi connectivity index (χ1) is 14.1. The summed E-state index contributed by atoms with van der Waals surface area (Å²) in [5, 5.41) is 0.675. The van der Waals surface area contributed by atoms with E-state index in [2.05, 4.69) is 4.99 Å². The lowest BCUT2D eigenvalue weighted by atomic mass is 10.2. The van der Waals surface area contributed by atoms with Crippen LogP contribution in [0.3, 0.4) is 0 Å². The van der Waals surface area contributed by atoms with Gasteiger partial charge in [-0.2, -0.15) is 0 Å². The minimum atomic E-state index is -0.0427. The normalized spacial score (nSPS) is 16.6. The van der Waals surface area contributed by atoms with Crippen molar-refractivity contribution in [2.45, 2.75) is 13.3 Å². The Morgan fingerprint density at radius 2 is 1.72 bits per heavy atom. The summed E-state index contributed by atoms with van der Waals surface area (Å²) in [6.45, 7) is 2.66. The minimum absolute atomic E-state index is 0.0427. The molecular formula is C22H24N2O4S. The van der Waals surface area contributed by atoms with Crippen LogP contribution in [0.2, 0.25) is 0 Å². The van der Waals surface area contributed by atoms with E-state index in [4.69, 9.17) is 14.2 Å². The zero-order chi connectivity index (χ0) is 20.8. The maximum Gasteiger partial charge on any atom is 0.266 e. The molecule has 0 aromatic heterocycles. The van der Waals surface area contributed by atoms with Gasteiger partial charge < -0.3 is 14.2 Å². The van der Waals surface area contributed by atoms with Gasteiger partial charge in [-0.15, -0.1) is 0 Å². The van der Waals surface area contributed by atoms with Crippen molar-refractivity contribution in [3.8, 4) is 17.2 Å². The van der Waals surface area contributed by atoms with Crippen LogP contribution in [0.25, 0.3) is 6.08 Å². The van der Waals surface area contributed by atoms with E-state index in [-0.39, 0.29) is 5.91 Å². The number of hydrogen-bond donors (Lipinski definition) is 0. The molecule has 3 rings (SSSR count). The lowest BCUT2D eigenvalue weighted by Gasteiger charge is -2.14. The average molecular weight is 413 g/mol. The molecule has 0 radical (unpaired) electrons. The molecule has 1 aliphatic heterocycles. The monoisotopic (exact) mass is 412 g/mol. The summed E-state index contributed by atoms with van der Waals surface area (Å²) in [4.78, 5) is 20.0. The molecule has 29 heavy (non-hydrogen) atoms. The van der Waals surface area contributed by atoms with Crippen molar-refractivity contribution in [2.75, 3.05) is 27.9 Å². The second-order valence-corrected chi connectivity index (χ2v) is 7.28. The van der Waals surface area contributed by atoms with Crippen molar-refractivity contribution in [3.63, 3.8) is 0 Å². The summed E-state index contributed by atoms with van der Waals surface area (Å²) in [6, 6.07) is 13.0. The third-order valence-electron chi connectivity index (χ3n) is 4.34. The molecule has 0 unspecified atom stereocenters. The van der Waals surface area contributed by atoms with Gasteiger partial charge in [-0.1, -0.05) is 13.0 Å². The zero-order valence-corrected chi connectivity index (χ0v) is 17.8. The zero-order valence-electron chi connectivity index (χ0n) is 17.0. The smallest absolute Gasteiger partial charge is 0.266 e. The van der Waals surface area contributed by atoms with Crippen LogP contribution in [0.4, 0.5) is 5.69 Å². The number of hydrogen-bond acceptors (Lipinski definition) is 6. The Labute approximate surface area is 175 Å². The number of amides is 1. The molecule has 2 aromatic carbocycles. The highest BCUT2D eigenvalue weighted by molar-refractivity contribution is 8.18. The summed E-state index contributed by atoms with van der Waals surface area (Å²) in [6.07, 6.45) is 2.70. The van der Waals surface area contributed by atoms with E-state index in [0.717, 1.165) is 23.4 Å². The van der Waals surface area contributed by atoms with Crippen LogP contribution in [-0.2, 0) is 4.79 Å². The van der Waals surface area contributed by atoms with Gasteiger partial charge in [0.05, 0.1) is 31.9 Å². The Hall–Kier alpha value is -2.93.